The van der Waals surface area contributed by atoms with Gasteiger partial charge in [0.05, 0.1) is 17.5 Å². The van der Waals surface area contributed by atoms with Gasteiger partial charge < -0.3 is 15.2 Å². The Morgan fingerprint density at radius 3 is 2.88 bits per heavy atom. The molecule has 0 aliphatic carbocycles. The highest BCUT2D eigenvalue weighted by atomic mass is 35.5. The van der Waals surface area contributed by atoms with E-state index in [-0.39, 0.29) is 29.2 Å². The number of aromatic hydroxyl groups is 1. The van der Waals surface area contributed by atoms with Gasteiger partial charge in [0.15, 0.2) is 0 Å². The number of benzene rings is 1. The molecule has 1 atom stereocenters. The molecule has 88 valence electrons. The average Bonchev–Trinajstić information content (AvgIpc) is 2.23. The Kier molecular flexibility index (Phi) is 4.58. The van der Waals surface area contributed by atoms with E-state index in [1.807, 2.05) is 6.92 Å². The second kappa shape index (κ2) is 5.72. The van der Waals surface area contributed by atoms with Crippen LogP contribution in [0.1, 0.15) is 13.3 Å². The molecule has 1 aromatic rings. The van der Waals surface area contributed by atoms with Crippen molar-refractivity contribution >= 4 is 23.2 Å². The molecule has 1 rings (SSSR count). The Balaban J connectivity index is 2.59. The minimum atomic E-state index is -0.156. The Hall–Kier alpha value is -1.26. The lowest BCUT2D eigenvalue weighted by molar-refractivity contribution is -0.118. The average molecular weight is 244 g/mol. The fourth-order valence-electron chi connectivity index (χ4n) is 1.14. The maximum atomic E-state index is 11.5. The van der Waals surface area contributed by atoms with E-state index in [1.54, 1.807) is 13.2 Å². The summed E-state index contributed by atoms with van der Waals surface area (Å²) in [6, 6.07) is 4.50. The maximum Gasteiger partial charge on any atom is 0.226 e. The molecule has 1 aromatic carbocycles. The predicted octanol–water partition coefficient (Wildman–Crippen LogP) is 2.41. The number of amides is 1. The molecule has 1 amide bonds. The van der Waals surface area contributed by atoms with Gasteiger partial charge in [-0.05, 0) is 25.1 Å². The van der Waals surface area contributed by atoms with Crippen LogP contribution < -0.4 is 5.32 Å². The lowest BCUT2D eigenvalue weighted by Gasteiger charge is -2.10. The summed E-state index contributed by atoms with van der Waals surface area (Å²) in [6.07, 6.45) is 0.141. The van der Waals surface area contributed by atoms with Crippen molar-refractivity contribution in [3.8, 4) is 5.75 Å². The number of nitrogens with one attached hydrogen (secondary N) is 1. The second-order valence-corrected chi connectivity index (χ2v) is 3.87. The molecule has 2 N–H and O–H groups in total. The largest absolute Gasteiger partial charge is 0.506 e. The van der Waals surface area contributed by atoms with Gasteiger partial charge in [-0.2, -0.15) is 0 Å². The summed E-state index contributed by atoms with van der Waals surface area (Å²) in [5.74, 6) is -0.166. The van der Waals surface area contributed by atoms with Crippen LogP contribution in [-0.2, 0) is 9.53 Å². The Morgan fingerprint density at radius 1 is 1.62 bits per heavy atom. The van der Waals surface area contributed by atoms with Gasteiger partial charge in [-0.3, -0.25) is 4.79 Å². The number of phenols is 1. The second-order valence-electron chi connectivity index (χ2n) is 3.46. The Bertz CT molecular complexity index is 381. The van der Waals surface area contributed by atoms with Crippen molar-refractivity contribution in [2.45, 2.75) is 19.4 Å². The molecule has 0 aliphatic rings. The van der Waals surface area contributed by atoms with Crippen LogP contribution in [0, 0.1) is 0 Å². The van der Waals surface area contributed by atoms with E-state index in [0.29, 0.717) is 5.69 Å². The first-order valence-corrected chi connectivity index (χ1v) is 5.22. The summed E-state index contributed by atoms with van der Waals surface area (Å²) in [5, 5.41) is 12.1. The minimum absolute atomic E-state index is 0.00933. The molecular formula is C11H14ClNO3. The third-order valence-corrected chi connectivity index (χ3v) is 2.41. The van der Waals surface area contributed by atoms with Crippen LogP contribution in [0.4, 0.5) is 5.69 Å². The van der Waals surface area contributed by atoms with Crippen molar-refractivity contribution in [2.24, 2.45) is 0 Å². The molecule has 16 heavy (non-hydrogen) atoms. The molecule has 5 heteroatoms. The highest BCUT2D eigenvalue weighted by Crippen LogP contribution is 2.26. The van der Waals surface area contributed by atoms with Crippen molar-refractivity contribution in [2.75, 3.05) is 12.4 Å². The fourth-order valence-corrected chi connectivity index (χ4v) is 1.32. The molecule has 0 aliphatic heterocycles. The van der Waals surface area contributed by atoms with Crippen molar-refractivity contribution in [3.05, 3.63) is 23.2 Å². The normalized spacial score (nSPS) is 12.2. The molecule has 0 saturated heterocycles. The summed E-state index contributed by atoms with van der Waals surface area (Å²) >= 11 is 5.70. The van der Waals surface area contributed by atoms with Gasteiger partial charge >= 0.3 is 0 Å². The number of halogens is 1. The number of carbonyl (C=O) groups excluding carboxylic acids is 1. The van der Waals surface area contributed by atoms with Gasteiger partial charge in [0.1, 0.15) is 5.75 Å². The van der Waals surface area contributed by atoms with E-state index in [1.165, 1.54) is 12.1 Å². The number of ether oxygens (including phenoxy) is 1. The third-order valence-electron chi connectivity index (χ3n) is 2.11. The van der Waals surface area contributed by atoms with Gasteiger partial charge in [0, 0.05) is 12.8 Å². The zero-order valence-electron chi connectivity index (χ0n) is 9.16. The Labute approximate surface area is 99.2 Å². The maximum absolute atomic E-state index is 11.5. The van der Waals surface area contributed by atoms with E-state index in [4.69, 9.17) is 16.3 Å². The van der Waals surface area contributed by atoms with Crippen molar-refractivity contribution in [3.63, 3.8) is 0 Å². The first-order valence-electron chi connectivity index (χ1n) is 4.84. The highest BCUT2D eigenvalue weighted by Gasteiger charge is 2.09. The zero-order valence-corrected chi connectivity index (χ0v) is 9.91. The van der Waals surface area contributed by atoms with Crippen molar-refractivity contribution in [1.29, 1.82) is 0 Å². The number of methoxy groups -OCH3 is 1. The summed E-state index contributed by atoms with van der Waals surface area (Å²) in [5.41, 5.74) is 0.552. The minimum Gasteiger partial charge on any atom is -0.506 e. The standard InChI is InChI=1S/C11H14ClNO3/c1-7(16-2)5-11(15)13-8-3-4-10(14)9(12)6-8/h3-4,6-7,14H,5H2,1-2H3,(H,13,15). The molecule has 0 radical (unpaired) electrons. The first kappa shape index (κ1) is 12.8. The predicted molar refractivity (Wildman–Crippen MR) is 62.8 cm³/mol. The highest BCUT2D eigenvalue weighted by molar-refractivity contribution is 6.32. The van der Waals surface area contributed by atoms with E-state index >= 15 is 0 Å². The smallest absolute Gasteiger partial charge is 0.226 e. The lowest BCUT2D eigenvalue weighted by atomic mass is 10.2. The Morgan fingerprint density at radius 2 is 2.31 bits per heavy atom. The number of hydrogen-bond acceptors (Lipinski definition) is 3. The number of carbonyl (C=O) groups is 1. The van der Waals surface area contributed by atoms with Crippen LogP contribution in [0.15, 0.2) is 18.2 Å². The number of hydrogen-bond donors (Lipinski definition) is 2. The quantitative estimate of drug-likeness (QED) is 0.799. The van der Waals surface area contributed by atoms with Crippen LogP contribution in [0.25, 0.3) is 0 Å². The van der Waals surface area contributed by atoms with E-state index < -0.39 is 0 Å². The van der Waals surface area contributed by atoms with Gasteiger partial charge in [0.25, 0.3) is 0 Å². The number of rotatable bonds is 4. The van der Waals surface area contributed by atoms with Gasteiger partial charge in [0.2, 0.25) is 5.91 Å². The summed E-state index contributed by atoms with van der Waals surface area (Å²) in [6.45, 7) is 1.81. The van der Waals surface area contributed by atoms with E-state index in [9.17, 15) is 9.90 Å². The monoisotopic (exact) mass is 243 g/mol. The van der Waals surface area contributed by atoms with E-state index in [2.05, 4.69) is 5.32 Å². The topological polar surface area (TPSA) is 58.6 Å². The molecule has 0 aromatic heterocycles. The van der Waals surface area contributed by atoms with Crippen LogP contribution in [-0.4, -0.2) is 24.2 Å². The SMILES string of the molecule is COC(C)CC(=O)Nc1ccc(O)c(Cl)c1. The summed E-state index contributed by atoms with van der Waals surface area (Å²) in [4.78, 5) is 11.5. The first-order chi connectivity index (χ1) is 7.52. The van der Waals surface area contributed by atoms with Crippen LogP contribution in [0.3, 0.4) is 0 Å². The molecule has 0 heterocycles. The zero-order chi connectivity index (χ0) is 12.1. The fraction of sp³-hybridized carbons (Fsp3) is 0.364. The number of phenolic OH excluding ortho intramolecular Hbond substituents is 1. The molecule has 0 saturated carbocycles. The van der Waals surface area contributed by atoms with Gasteiger partial charge in [-0.15, -0.1) is 0 Å². The summed E-state index contributed by atoms with van der Waals surface area (Å²) in [7, 11) is 1.55. The summed E-state index contributed by atoms with van der Waals surface area (Å²) < 4.78 is 4.97. The molecule has 4 nitrogen and oxygen atoms in total. The molecule has 0 fully saturated rings. The lowest BCUT2D eigenvalue weighted by Crippen LogP contribution is -2.18. The van der Waals surface area contributed by atoms with Gasteiger partial charge in [-0.25, -0.2) is 0 Å². The van der Waals surface area contributed by atoms with Crippen LogP contribution in [0.2, 0.25) is 5.02 Å². The van der Waals surface area contributed by atoms with E-state index in [0.717, 1.165) is 0 Å². The van der Waals surface area contributed by atoms with Gasteiger partial charge in [-0.1, -0.05) is 11.6 Å². The molecule has 0 spiro atoms. The molecular weight excluding hydrogens is 230 g/mol. The molecule has 1 unspecified atom stereocenters. The van der Waals surface area contributed by atoms with Crippen LogP contribution in [0.5, 0.6) is 5.75 Å². The third kappa shape index (κ3) is 3.72. The van der Waals surface area contributed by atoms with Crippen molar-refractivity contribution < 1.29 is 14.6 Å². The van der Waals surface area contributed by atoms with Crippen LogP contribution >= 0.6 is 11.6 Å². The number of anilines is 1. The molecule has 0 bridgehead atoms. The van der Waals surface area contributed by atoms with Crippen molar-refractivity contribution in [1.82, 2.24) is 0 Å².